The highest BCUT2D eigenvalue weighted by molar-refractivity contribution is 6.67. The van der Waals surface area contributed by atoms with E-state index < -0.39 is 8.56 Å². The zero-order chi connectivity index (χ0) is 13.3. The Morgan fingerprint density at radius 2 is 1.67 bits per heavy atom. The van der Waals surface area contributed by atoms with Crippen LogP contribution in [0.5, 0.6) is 0 Å². The lowest BCUT2D eigenvalue weighted by Crippen LogP contribution is -2.45. The maximum Gasteiger partial charge on any atom is 0.342 e. The van der Waals surface area contributed by atoms with E-state index in [0.29, 0.717) is 19.1 Å². The molecule has 0 amide bonds. The van der Waals surface area contributed by atoms with E-state index in [1.807, 2.05) is 19.9 Å². The van der Waals surface area contributed by atoms with Crippen LogP contribution in [0.2, 0.25) is 6.04 Å². The Kier molecular flexibility index (Phi) is 7.59. The van der Waals surface area contributed by atoms with Crippen LogP contribution in [0.15, 0.2) is 30.3 Å². The van der Waals surface area contributed by atoms with Gasteiger partial charge in [-0.05, 0) is 31.9 Å². The van der Waals surface area contributed by atoms with Crippen molar-refractivity contribution >= 4 is 20.2 Å². The third-order valence-electron chi connectivity index (χ3n) is 2.82. The molecule has 0 spiro atoms. The molecule has 4 heteroatoms. The predicted octanol–water partition coefficient (Wildman–Crippen LogP) is 3.91. The quantitative estimate of drug-likeness (QED) is 0.506. The Bertz CT molecular complexity index is 313. The molecule has 0 radical (unpaired) electrons. The van der Waals surface area contributed by atoms with E-state index in [9.17, 15) is 0 Å². The van der Waals surface area contributed by atoms with E-state index in [0.717, 1.165) is 18.5 Å². The number of hydrogen-bond donors (Lipinski definition) is 0. The molecule has 0 aliphatic heterocycles. The summed E-state index contributed by atoms with van der Waals surface area (Å²) in [6.45, 7) is 5.49. The molecule has 1 rings (SSSR count). The van der Waals surface area contributed by atoms with Crippen LogP contribution in [0.4, 0.5) is 0 Å². The van der Waals surface area contributed by atoms with Crippen molar-refractivity contribution in [3.63, 3.8) is 0 Å². The Labute approximate surface area is 117 Å². The molecule has 0 aliphatic carbocycles. The summed E-state index contributed by atoms with van der Waals surface area (Å²) in [7, 11) is -2.14. The summed E-state index contributed by atoms with van der Waals surface area (Å²) >= 11 is 5.82. The second-order valence-electron chi connectivity index (χ2n) is 4.23. The summed E-state index contributed by atoms with van der Waals surface area (Å²) in [6, 6.07) is 12.3. The molecule has 0 saturated carbocycles. The summed E-state index contributed by atoms with van der Waals surface area (Å²) in [5, 5.41) is 0. The van der Waals surface area contributed by atoms with E-state index in [2.05, 4.69) is 24.3 Å². The maximum atomic E-state index is 6.03. The van der Waals surface area contributed by atoms with Crippen molar-refractivity contribution in [1.29, 1.82) is 0 Å². The second kappa shape index (κ2) is 8.70. The highest BCUT2D eigenvalue weighted by atomic mass is 35.5. The van der Waals surface area contributed by atoms with Gasteiger partial charge in [0.25, 0.3) is 0 Å². The fraction of sp³-hybridized carbons (Fsp3) is 0.571. The summed E-state index contributed by atoms with van der Waals surface area (Å²) in [4.78, 5) is 0. The number of alkyl halides is 1. The number of halogens is 1. The topological polar surface area (TPSA) is 18.5 Å². The van der Waals surface area contributed by atoms with Crippen molar-refractivity contribution in [3.8, 4) is 0 Å². The third kappa shape index (κ3) is 5.10. The van der Waals surface area contributed by atoms with Crippen molar-refractivity contribution in [2.45, 2.75) is 32.4 Å². The van der Waals surface area contributed by atoms with E-state index in [1.165, 1.54) is 5.56 Å². The van der Waals surface area contributed by atoms with Gasteiger partial charge in [0, 0.05) is 25.1 Å². The van der Waals surface area contributed by atoms with Crippen LogP contribution in [-0.4, -0.2) is 27.7 Å². The normalized spacial score (nSPS) is 11.7. The molecule has 0 N–H and O–H groups in total. The van der Waals surface area contributed by atoms with Gasteiger partial charge in [0.1, 0.15) is 0 Å². The van der Waals surface area contributed by atoms with Crippen LogP contribution in [0.3, 0.4) is 0 Å². The number of rotatable bonds is 9. The van der Waals surface area contributed by atoms with Gasteiger partial charge in [-0.15, -0.1) is 11.6 Å². The van der Waals surface area contributed by atoms with Crippen LogP contribution < -0.4 is 0 Å². The summed E-state index contributed by atoms with van der Waals surface area (Å²) < 4.78 is 12.1. The average Bonchev–Trinajstić information content (AvgIpc) is 2.38. The zero-order valence-electron chi connectivity index (χ0n) is 11.3. The van der Waals surface area contributed by atoms with Crippen LogP contribution in [0, 0.1) is 0 Å². The number of hydrogen-bond acceptors (Lipinski definition) is 2. The minimum Gasteiger partial charge on any atom is -0.394 e. The number of benzene rings is 1. The van der Waals surface area contributed by atoms with Gasteiger partial charge in [0.15, 0.2) is 0 Å². The smallest absolute Gasteiger partial charge is 0.342 e. The minimum atomic E-state index is -2.14. The average molecular weight is 287 g/mol. The minimum absolute atomic E-state index is 0.670. The van der Waals surface area contributed by atoms with E-state index in [4.69, 9.17) is 20.5 Å². The molecule has 0 fully saturated rings. The van der Waals surface area contributed by atoms with Gasteiger partial charge in [-0.3, -0.25) is 0 Å². The fourth-order valence-electron chi connectivity index (χ4n) is 2.15. The molecule has 102 valence electrons. The highest BCUT2D eigenvalue weighted by Gasteiger charge is 2.36. The van der Waals surface area contributed by atoms with Crippen molar-refractivity contribution in [2.75, 3.05) is 19.1 Å². The predicted molar refractivity (Wildman–Crippen MR) is 79.3 cm³/mol. The monoisotopic (exact) mass is 286 g/mol. The van der Waals surface area contributed by atoms with E-state index >= 15 is 0 Å². The van der Waals surface area contributed by atoms with Crippen LogP contribution >= 0.6 is 11.6 Å². The first-order valence-electron chi connectivity index (χ1n) is 6.64. The Hall–Kier alpha value is -0.353. The maximum absolute atomic E-state index is 6.03. The van der Waals surface area contributed by atoms with Crippen LogP contribution in [0.1, 0.15) is 25.8 Å². The van der Waals surface area contributed by atoms with Gasteiger partial charge < -0.3 is 8.85 Å². The first-order valence-corrected chi connectivity index (χ1v) is 9.40. The molecule has 2 nitrogen and oxygen atoms in total. The van der Waals surface area contributed by atoms with Crippen LogP contribution in [0.25, 0.3) is 0 Å². The molecule has 18 heavy (non-hydrogen) atoms. The second-order valence-corrected chi connectivity index (χ2v) is 7.86. The van der Waals surface area contributed by atoms with Crippen molar-refractivity contribution in [3.05, 3.63) is 35.9 Å². The van der Waals surface area contributed by atoms with Gasteiger partial charge in [-0.2, -0.15) is 0 Å². The Morgan fingerprint density at radius 1 is 1.06 bits per heavy atom. The van der Waals surface area contributed by atoms with Crippen LogP contribution in [-0.2, 0) is 14.9 Å². The van der Waals surface area contributed by atoms with Gasteiger partial charge in [-0.25, -0.2) is 0 Å². The molecule has 0 aromatic heterocycles. The zero-order valence-corrected chi connectivity index (χ0v) is 13.1. The molecule has 0 unspecified atom stereocenters. The van der Waals surface area contributed by atoms with Crippen molar-refractivity contribution in [1.82, 2.24) is 0 Å². The largest absolute Gasteiger partial charge is 0.394 e. The van der Waals surface area contributed by atoms with Gasteiger partial charge in [0.2, 0.25) is 0 Å². The van der Waals surface area contributed by atoms with Crippen molar-refractivity contribution < 1.29 is 8.85 Å². The van der Waals surface area contributed by atoms with Crippen molar-refractivity contribution in [2.24, 2.45) is 0 Å². The molecule has 0 saturated heterocycles. The molecule has 0 heterocycles. The third-order valence-corrected chi connectivity index (χ3v) is 6.78. The Morgan fingerprint density at radius 3 is 2.17 bits per heavy atom. The summed E-state index contributed by atoms with van der Waals surface area (Å²) in [6.07, 6.45) is 0.959. The summed E-state index contributed by atoms with van der Waals surface area (Å²) in [5.74, 6) is 0.670. The van der Waals surface area contributed by atoms with Gasteiger partial charge in [0.05, 0.1) is 0 Å². The first kappa shape index (κ1) is 15.7. The molecule has 0 atom stereocenters. The molecular formula is C14H23ClO2Si. The van der Waals surface area contributed by atoms with Gasteiger partial charge >= 0.3 is 8.56 Å². The summed E-state index contributed by atoms with van der Waals surface area (Å²) in [5.41, 5.74) is 1.29. The lowest BCUT2D eigenvalue weighted by Gasteiger charge is -2.30. The molecular weight excluding hydrogens is 264 g/mol. The van der Waals surface area contributed by atoms with Gasteiger partial charge in [-0.1, -0.05) is 30.3 Å². The van der Waals surface area contributed by atoms with E-state index in [1.54, 1.807) is 0 Å². The fourth-order valence-corrected chi connectivity index (χ4v) is 5.88. The lowest BCUT2D eigenvalue weighted by atomic mass is 10.2. The standard InChI is InChI=1S/C14H23ClO2Si/c1-3-16-18(17-4-2,12-8-11-15)13-14-9-6-5-7-10-14/h5-7,9-10H,3-4,8,11-13H2,1-2H3. The lowest BCUT2D eigenvalue weighted by molar-refractivity contribution is 0.181. The van der Waals surface area contributed by atoms with E-state index in [-0.39, 0.29) is 0 Å². The molecule has 0 aliphatic rings. The molecule has 0 bridgehead atoms. The highest BCUT2D eigenvalue weighted by Crippen LogP contribution is 2.22. The Balaban J connectivity index is 2.79. The SMILES string of the molecule is CCO[Si](CCCCl)(Cc1ccccc1)OCC. The molecule has 1 aromatic carbocycles. The first-order chi connectivity index (χ1) is 8.76. The molecule has 1 aromatic rings.